The second-order valence-electron chi connectivity index (χ2n) is 7.86. The number of aromatic nitrogens is 2. The Morgan fingerprint density at radius 3 is 2.81 bits per heavy atom. The maximum Gasteiger partial charge on any atom is 0.322 e. The zero-order chi connectivity index (χ0) is 22.4. The van der Waals surface area contributed by atoms with Crippen molar-refractivity contribution in [3.05, 3.63) is 70.6 Å². The van der Waals surface area contributed by atoms with Gasteiger partial charge in [-0.25, -0.2) is 19.2 Å². The molecule has 4 heterocycles. The summed E-state index contributed by atoms with van der Waals surface area (Å²) in [7, 11) is 1.49. The molecule has 1 N–H and O–H groups in total. The Balaban J connectivity index is 1.41. The third kappa shape index (κ3) is 3.44. The van der Waals surface area contributed by atoms with Gasteiger partial charge in [-0.2, -0.15) is 4.39 Å². The molecule has 164 valence electrons. The topological polar surface area (TPSA) is 67.3 Å². The fourth-order valence-electron chi connectivity index (χ4n) is 4.66. The quantitative estimate of drug-likeness (QED) is 0.537. The van der Waals surface area contributed by atoms with Crippen LogP contribution >= 0.6 is 11.6 Å². The second-order valence-corrected chi connectivity index (χ2v) is 8.26. The van der Waals surface area contributed by atoms with Crippen LogP contribution in [0.2, 0.25) is 5.02 Å². The van der Waals surface area contributed by atoms with Gasteiger partial charge in [0.25, 0.3) is 0 Å². The number of fused-ring (bicyclic) bond motifs is 4. The van der Waals surface area contributed by atoms with Crippen molar-refractivity contribution in [2.24, 2.45) is 0 Å². The van der Waals surface area contributed by atoms with Gasteiger partial charge >= 0.3 is 6.03 Å². The number of rotatable bonds is 3. The molecule has 1 fully saturated rings. The number of nitrogens with zero attached hydrogens (tertiary/aromatic N) is 3. The van der Waals surface area contributed by atoms with Gasteiger partial charge in [-0.1, -0.05) is 11.6 Å². The monoisotopic (exact) mass is 456 g/mol. The summed E-state index contributed by atoms with van der Waals surface area (Å²) in [6, 6.07) is 6.90. The number of carbonyl (C=O) groups is 1. The Morgan fingerprint density at radius 1 is 1.19 bits per heavy atom. The molecule has 2 aliphatic heterocycles. The van der Waals surface area contributed by atoms with Crippen molar-refractivity contribution >= 4 is 23.3 Å². The Hall–Kier alpha value is -3.26. The first-order valence-electron chi connectivity index (χ1n) is 10.2. The number of hydrogen-bond acceptors (Lipinski definition) is 4. The standard InChI is InChI=1S/C23H19ClF2N4O2/c1-32-21-8-12(4-6-27-21)15-10-18(25)19(11-17(15)24)29-23(31)30-13-2-3-20(30)14-5-7-28-22(26)16(14)9-13/h4-8,10-11,13,20H,2-3,9H2,1H3,(H,29,31)/t13-,20+/m0/s1. The van der Waals surface area contributed by atoms with Gasteiger partial charge in [-0.15, -0.1) is 0 Å². The molecule has 6 nitrogen and oxygen atoms in total. The summed E-state index contributed by atoms with van der Waals surface area (Å²) in [4.78, 5) is 22.5. The lowest BCUT2D eigenvalue weighted by molar-refractivity contribution is 0.178. The minimum Gasteiger partial charge on any atom is -0.481 e. The van der Waals surface area contributed by atoms with E-state index in [0.717, 1.165) is 18.4 Å². The Morgan fingerprint density at radius 2 is 2.00 bits per heavy atom. The molecule has 0 unspecified atom stereocenters. The van der Waals surface area contributed by atoms with Crippen LogP contribution < -0.4 is 10.1 Å². The highest BCUT2D eigenvalue weighted by Gasteiger charge is 2.43. The molecule has 32 heavy (non-hydrogen) atoms. The van der Waals surface area contributed by atoms with E-state index in [1.165, 1.54) is 25.4 Å². The summed E-state index contributed by atoms with van der Waals surface area (Å²) >= 11 is 6.41. The van der Waals surface area contributed by atoms with Gasteiger partial charge in [0, 0.05) is 35.6 Å². The van der Waals surface area contributed by atoms with Gasteiger partial charge in [-0.3, -0.25) is 0 Å². The predicted octanol–water partition coefficient (Wildman–Crippen LogP) is 5.38. The van der Waals surface area contributed by atoms with E-state index in [9.17, 15) is 13.6 Å². The van der Waals surface area contributed by atoms with E-state index >= 15 is 0 Å². The number of pyridine rings is 2. The Kier molecular flexibility index (Phi) is 5.17. The van der Waals surface area contributed by atoms with Crippen LogP contribution in [0.5, 0.6) is 5.88 Å². The van der Waals surface area contributed by atoms with E-state index in [2.05, 4.69) is 15.3 Å². The van der Waals surface area contributed by atoms with Crippen molar-refractivity contribution < 1.29 is 18.3 Å². The summed E-state index contributed by atoms with van der Waals surface area (Å²) in [5.74, 6) is -0.724. The van der Waals surface area contributed by atoms with Crippen molar-refractivity contribution in [1.29, 1.82) is 0 Å². The SMILES string of the molecule is COc1cc(-c2cc(F)c(NC(=O)N3[C@H]4CC[C@@H]3c3ccnc(F)c3C4)cc2Cl)ccn1. The number of halogens is 3. The van der Waals surface area contributed by atoms with Crippen molar-refractivity contribution in [2.45, 2.75) is 31.3 Å². The van der Waals surface area contributed by atoms with Crippen LogP contribution in [0.4, 0.5) is 19.3 Å². The third-order valence-corrected chi connectivity index (χ3v) is 6.44. The van der Waals surface area contributed by atoms with E-state index in [1.807, 2.05) is 0 Å². The lowest BCUT2D eigenvalue weighted by Crippen LogP contribution is -2.44. The normalized spacial score (nSPS) is 18.9. The summed E-state index contributed by atoms with van der Waals surface area (Å²) < 4.78 is 34.2. The molecule has 5 rings (SSSR count). The molecule has 9 heteroatoms. The summed E-state index contributed by atoms with van der Waals surface area (Å²) in [6.07, 6.45) is 4.82. The van der Waals surface area contributed by atoms with Crippen LogP contribution in [-0.4, -0.2) is 34.1 Å². The molecular weight excluding hydrogens is 438 g/mol. The van der Waals surface area contributed by atoms with E-state index in [-0.39, 0.29) is 22.8 Å². The highest BCUT2D eigenvalue weighted by Crippen LogP contribution is 2.44. The van der Waals surface area contributed by atoms with Crippen molar-refractivity contribution in [2.75, 3.05) is 12.4 Å². The lowest BCUT2D eigenvalue weighted by Gasteiger charge is -2.36. The summed E-state index contributed by atoms with van der Waals surface area (Å²) in [5.41, 5.74) is 2.41. The van der Waals surface area contributed by atoms with Gasteiger partial charge in [0.1, 0.15) is 5.82 Å². The van der Waals surface area contributed by atoms with Crippen LogP contribution in [0.1, 0.15) is 30.0 Å². The van der Waals surface area contributed by atoms with E-state index < -0.39 is 17.8 Å². The second kappa shape index (κ2) is 8.02. The lowest BCUT2D eigenvalue weighted by atomic mass is 9.95. The van der Waals surface area contributed by atoms with E-state index in [4.69, 9.17) is 16.3 Å². The molecule has 0 spiro atoms. The summed E-state index contributed by atoms with van der Waals surface area (Å²) in [5, 5.41) is 2.92. The first-order chi connectivity index (χ1) is 15.5. The van der Waals surface area contributed by atoms with E-state index in [0.29, 0.717) is 29.0 Å². The molecule has 0 aliphatic carbocycles. The number of hydrogen-bond donors (Lipinski definition) is 1. The molecule has 1 aromatic carbocycles. The van der Waals surface area contributed by atoms with E-state index in [1.54, 1.807) is 29.3 Å². The molecule has 2 amide bonds. The molecular formula is C23H19ClF2N4O2. The molecule has 1 saturated heterocycles. The number of benzene rings is 1. The van der Waals surface area contributed by atoms with Crippen LogP contribution in [0, 0.1) is 11.8 Å². The fraction of sp³-hybridized carbons (Fsp3) is 0.261. The average Bonchev–Trinajstić information content (AvgIpc) is 3.11. The number of nitrogens with one attached hydrogen (secondary N) is 1. The fourth-order valence-corrected chi connectivity index (χ4v) is 4.93. The maximum absolute atomic E-state index is 14.9. The minimum absolute atomic E-state index is 0.0177. The van der Waals surface area contributed by atoms with Crippen LogP contribution in [0.15, 0.2) is 42.7 Å². The average molecular weight is 457 g/mol. The molecule has 2 bridgehead atoms. The zero-order valence-corrected chi connectivity index (χ0v) is 17.9. The molecule has 0 saturated carbocycles. The zero-order valence-electron chi connectivity index (χ0n) is 17.1. The van der Waals surface area contributed by atoms with Gasteiger partial charge < -0.3 is 15.0 Å². The smallest absolute Gasteiger partial charge is 0.322 e. The van der Waals surface area contributed by atoms with Crippen LogP contribution in [0.3, 0.4) is 0 Å². The Bertz CT molecular complexity index is 1220. The Labute approximate surface area is 188 Å². The van der Waals surface area contributed by atoms with Gasteiger partial charge in [0.2, 0.25) is 11.8 Å². The molecule has 2 aromatic heterocycles. The molecule has 2 aliphatic rings. The maximum atomic E-state index is 14.9. The number of amides is 2. The molecule has 0 radical (unpaired) electrons. The van der Waals surface area contributed by atoms with Crippen molar-refractivity contribution in [1.82, 2.24) is 14.9 Å². The molecule has 2 atom stereocenters. The largest absolute Gasteiger partial charge is 0.481 e. The highest BCUT2D eigenvalue weighted by atomic mass is 35.5. The first kappa shape index (κ1) is 20.6. The third-order valence-electron chi connectivity index (χ3n) is 6.13. The number of methoxy groups -OCH3 is 1. The number of urea groups is 1. The van der Waals surface area contributed by atoms with Gasteiger partial charge in [-0.05, 0) is 54.7 Å². The number of anilines is 1. The number of ether oxygens (including phenoxy) is 1. The summed E-state index contributed by atoms with van der Waals surface area (Å²) in [6.45, 7) is 0. The minimum atomic E-state index is -0.617. The van der Waals surface area contributed by atoms with Gasteiger partial charge in [0.05, 0.1) is 23.9 Å². The predicted molar refractivity (Wildman–Crippen MR) is 116 cm³/mol. The van der Waals surface area contributed by atoms with Crippen LogP contribution in [-0.2, 0) is 6.42 Å². The van der Waals surface area contributed by atoms with Crippen molar-refractivity contribution in [3.8, 4) is 17.0 Å². The number of carbonyl (C=O) groups excluding carboxylic acids is 1. The molecule has 3 aromatic rings. The van der Waals surface area contributed by atoms with Gasteiger partial charge in [0.15, 0.2) is 0 Å². The highest BCUT2D eigenvalue weighted by molar-refractivity contribution is 6.33. The van der Waals surface area contributed by atoms with Crippen molar-refractivity contribution in [3.63, 3.8) is 0 Å². The van der Waals surface area contributed by atoms with Crippen LogP contribution in [0.25, 0.3) is 11.1 Å². The first-order valence-corrected chi connectivity index (χ1v) is 10.6.